The third-order valence-electron chi connectivity index (χ3n) is 4.12. The highest BCUT2D eigenvalue weighted by Crippen LogP contribution is 2.25. The van der Waals surface area contributed by atoms with Gasteiger partial charge in [0.1, 0.15) is 5.69 Å². The minimum atomic E-state index is -0.817. The van der Waals surface area contributed by atoms with Crippen molar-refractivity contribution >= 4 is 23.3 Å². The Labute approximate surface area is 168 Å². The molecule has 0 bridgehead atoms. The SMILES string of the molecule is COCCNc1ccc(C(=O)OCC(=O)NCc2ccccc2C)cc1[N+](=O)[O-]. The van der Waals surface area contributed by atoms with E-state index >= 15 is 0 Å². The predicted molar refractivity (Wildman–Crippen MR) is 107 cm³/mol. The number of rotatable bonds is 10. The number of aryl methyl sites for hydroxylation is 1. The van der Waals surface area contributed by atoms with Crippen molar-refractivity contribution in [3.63, 3.8) is 0 Å². The van der Waals surface area contributed by atoms with Crippen LogP contribution >= 0.6 is 0 Å². The van der Waals surface area contributed by atoms with Crippen LogP contribution in [-0.4, -0.2) is 43.7 Å². The van der Waals surface area contributed by atoms with Gasteiger partial charge < -0.3 is 20.1 Å². The molecule has 0 unspecified atom stereocenters. The van der Waals surface area contributed by atoms with E-state index in [0.29, 0.717) is 19.7 Å². The third-order valence-corrected chi connectivity index (χ3v) is 4.12. The number of nitrogens with one attached hydrogen (secondary N) is 2. The maximum atomic E-state index is 12.2. The summed E-state index contributed by atoms with van der Waals surface area (Å²) in [5, 5.41) is 16.8. The van der Waals surface area contributed by atoms with Crippen molar-refractivity contribution in [1.82, 2.24) is 5.32 Å². The van der Waals surface area contributed by atoms with Gasteiger partial charge in [0.05, 0.1) is 17.1 Å². The van der Waals surface area contributed by atoms with Gasteiger partial charge in [-0.3, -0.25) is 14.9 Å². The molecule has 9 nitrogen and oxygen atoms in total. The number of carbonyl (C=O) groups excluding carboxylic acids is 2. The van der Waals surface area contributed by atoms with Crippen molar-refractivity contribution in [2.75, 3.05) is 32.2 Å². The molecule has 0 aliphatic heterocycles. The topological polar surface area (TPSA) is 120 Å². The summed E-state index contributed by atoms with van der Waals surface area (Å²) in [5.74, 6) is -1.28. The lowest BCUT2D eigenvalue weighted by atomic mass is 10.1. The lowest BCUT2D eigenvalue weighted by Crippen LogP contribution is -2.28. The quantitative estimate of drug-likeness (QED) is 0.271. The molecular weight excluding hydrogens is 378 g/mol. The van der Waals surface area contributed by atoms with Crippen LogP contribution < -0.4 is 10.6 Å². The Balaban J connectivity index is 1.92. The molecule has 154 valence electrons. The molecule has 0 spiro atoms. The first kappa shape index (κ1) is 21.8. The molecule has 2 aromatic rings. The predicted octanol–water partition coefficient (Wildman–Crippen LogP) is 2.43. The lowest BCUT2D eigenvalue weighted by Gasteiger charge is -2.10. The van der Waals surface area contributed by atoms with E-state index in [4.69, 9.17) is 9.47 Å². The molecule has 0 aliphatic carbocycles. The molecular formula is C20H23N3O6. The maximum Gasteiger partial charge on any atom is 0.338 e. The van der Waals surface area contributed by atoms with Crippen LogP contribution in [0.4, 0.5) is 11.4 Å². The summed E-state index contributed by atoms with van der Waals surface area (Å²) in [4.78, 5) is 34.7. The van der Waals surface area contributed by atoms with Gasteiger partial charge in [-0.05, 0) is 30.2 Å². The van der Waals surface area contributed by atoms with Crippen LogP contribution in [0.25, 0.3) is 0 Å². The zero-order valence-corrected chi connectivity index (χ0v) is 16.3. The molecule has 1 amide bonds. The molecule has 0 atom stereocenters. The molecule has 29 heavy (non-hydrogen) atoms. The largest absolute Gasteiger partial charge is 0.452 e. The first-order chi connectivity index (χ1) is 13.9. The van der Waals surface area contributed by atoms with Gasteiger partial charge in [0.25, 0.3) is 11.6 Å². The van der Waals surface area contributed by atoms with Gasteiger partial charge in [0, 0.05) is 26.3 Å². The zero-order chi connectivity index (χ0) is 21.2. The lowest BCUT2D eigenvalue weighted by molar-refractivity contribution is -0.384. The van der Waals surface area contributed by atoms with E-state index in [0.717, 1.165) is 17.2 Å². The standard InChI is InChI=1S/C20H23N3O6/c1-14-5-3-4-6-16(14)12-22-19(24)13-29-20(25)15-7-8-17(21-9-10-28-2)18(11-15)23(26)27/h3-8,11,21H,9-10,12-13H2,1-2H3,(H,22,24). The summed E-state index contributed by atoms with van der Waals surface area (Å²) in [6.45, 7) is 2.52. The number of hydrogen-bond acceptors (Lipinski definition) is 7. The molecule has 2 rings (SSSR count). The minimum absolute atomic E-state index is 0.0132. The number of methoxy groups -OCH3 is 1. The van der Waals surface area contributed by atoms with Crippen molar-refractivity contribution in [2.24, 2.45) is 0 Å². The van der Waals surface area contributed by atoms with Crippen LogP contribution in [-0.2, 0) is 20.8 Å². The van der Waals surface area contributed by atoms with Gasteiger partial charge in [0.2, 0.25) is 0 Å². The van der Waals surface area contributed by atoms with Gasteiger partial charge in [-0.15, -0.1) is 0 Å². The first-order valence-corrected chi connectivity index (χ1v) is 8.92. The van der Waals surface area contributed by atoms with E-state index in [-0.39, 0.29) is 16.9 Å². The molecule has 0 saturated heterocycles. The van der Waals surface area contributed by atoms with Crippen LogP contribution in [0.15, 0.2) is 42.5 Å². The third kappa shape index (κ3) is 6.58. The molecule has 2 aromatic carbocycles. The number of ether oxygens (including phenoxy) is 2. The minimum Gasteiger partial charge on any atom is -0.452 e. The van der Waals surface area contributed by atoms with E-state index in [1.54, 1.807) is 0 Å². The number of anilines is 1. The molecule has 0 radical (unpaired) electrons. The van der Waals surface area contributed by atoms with Crippen LogP contribution in [0.2, 0.25) is 0 Å². The van der Waals surface area contributed by atoms with Crippen molar-refractivity contribution in [2.45, 2.75) is 13.5 Å². The van der Waals surface area contributed by atoms with Crippen molar-refractivity contribution < 1.29 is 24.0 Å². The Morgan fingerprint density at radius 1 is 1.17 bits per heavy atom. The normalized spacial score (nSPS) is 10.3. The summed E-state index contributed by atoms with van der Waals surface area (Å²) in [6, 6.07) is 11.5. The number of benzene rings is 2. The Kier molecular flexibility index (Phi) is 8.11. The number of amides is 1. The Morgan fingerprint density at radius 2 is 1.93 bits per heavy atom. The number of carbonyl (C=O) groups is 2. The van der Waals surface area contributed by atoms with Crippen LogP contribution in [0.1, 0.15) is 21.5 Å². The van der Waals surface area contributed by atoms with Gasteiger partial charge in [-0.25, -0.2) is 4.79 Å². The summed E-state index contributed by atoms with van der Waals surface area (Å²) in [6.07, 6.45) is 0. The Bertz CT molecular complexity index is 884. The average molecular weight is 401 g/mol. The van der Waals surface area contributed by atoms with E-state index < -0.39 is 23.4 Å². The fraction of sp³-hybridized carbons (Fsp3) is 0.300. The van der Waals surface area contributed by atoms with Gasteiger partial charge >= 0.3 is 5.97 Å². The van der Waals surface area contributed by atoms with Crippen LogP contribution in [0.3, 0.4) is 0 Å². The molecule has 2 N–H and O–H groups in total. The second-order valence-electron chi connectivity index (χ2n) is 6.19. The van der Waals surface area contributed by atoms with Crippen molar-refractivity contribution in [1.29, 1.82) is 0 Å². The number of nitro benzene ring substituents is 1. The van der Waals surface area contributed by atoms with Crippen LogP contribution in [0, 0.1) is 17.0 Å². The average Bonchev–Trinajstić information content (AvgIpc) is 2.71. The smallest absolute Gasteiger partial charge is 0.338 e. The number of hydrogen-bond donors (Lipinski definition) is 2. The number of nitrogens with zero attached hydrogens (tertiary/aromatic N) is 1. The molecule has 9 heteroatoms. The van der Waals surface area contributed by atoms with E-state index in [9.17, 15) is 19.7 Å². The second-order valence-corrected chi connectivity index (χ2v) is 6.19. The monoisotopic (exact) mass is 401 g/mol. The maximum absolute atomic E-state index is 12.2. The highest BCUT2D eigenvalue weighted by Gasteiger charge is 2.19. The highest BCUT2D eigenvalue weighted by molar-refractivity contribution is 5.93. The highest BCUT2D eigenvalue weighted by atomic mass is 16.6. The fourth-order valence-electron chi connectivity index (χ4n) is 2.51. The first-order valence-electron chi connectivity index (χ1n) is 8.92. The summed E-state index contributed by atoms with van der Waals surface area (Å²) >= 11 is 0. The number of esters is 1. The molecule has 0 heterocycles. The van der Waals surface area contributed by atoms with E-state index in [1.807, 2.05) is 31.2 Å². The zero-order valence-electron chi connectivity index (χ0n) is 16.3. The van der Waals surface area contributed by atoms with Crippen molar-refractivity contribution in [3.8, 4) is 0 Å². The van der Waals surface area contributed by atoms with Gasteiger partial charge in [0.15, 0.2) is 6.61 Å². The number of nitro groups is 1. The second kappa shape index (κ2) is 10.8. The molecule has 0 saturated carbocycles. The van der Waals surface area contributed by atoms with E-state index in [2.05, 4.69) is 10.6 Å². The van der Waals surface area contributed by atoms with E-state index in [1.165, 1.54) is 19.2 Å². The summed E-state index contributed by atoms with van der Waals surface area (Å²) in [7, 11) is 1.52. The molecule has 0 aliphatic rings. The van der Waals surface area contributed by atoms with Crippen molar-refractivity contribution in [3.05, 3.63) is 69.3 Å². The molecule has 0 fully saturated rings. The van der Waals surface area contributed by atoms with Gasteiger partial charge in [-0.2, -0.15) is 0 Å². The fourth-order valence-corrected chi connectivity index (χ4v) is 2.51. The summed E-state index contributed by atoms with van der Waals surface area (Å²) < 4.78 is 9.86. The van der Waals surface area contributed by atoms with Gasteiger partial charge in [-0.1, -0.05) is 24.3 Å². The Morgan fingerprint density at radius 3 is 2.62 bits per heavy atom. The van der Waals surface area contributed by atoms with Crippen LogP contribution in [0.5, 0.6) is 0 Å². The molecule has 0 aromatic heterocycles. The Hall–Kier alpha value is -3.46. The summed E-state index contributed by atoms with van der Waals surface area (Å²) in [5.41, 5.74) is 1.98.